The molecule has 20 heavy (non-hydrogen) atoms. The molecule has 1 fully saturated rings. The van der Waals surface area contributed by atoms with Gasteiger partial charge in [0.2, 0.25) is 5.95 Å². The van der Waals surface area contributed by atoms with E-state index in [4.69, 9.17) is 5.84 Å². The third-order valence-corrected chi connectivity index (χ3v) is 3.18. The Morgan fingerprint density at radius 2 is 1.95 bits per heavy atom. The molecule has 0 bridgehead atoms. The number of hydrazine groups is 1. The van der Waals surface area contributed by atoms with Gasteiger partial charge in [0.05, 0.1) is 0 Å². The quantitative estimate of drug-likeness (QED) is 0.623. The topological polar surface area (TPSA) is 70.3 Å². The van der Waals surface area contributed by atoms with Crippen LogP contribution in [-0.4, -0.2) is 48.1 Å². The fourth-order valence-corrected chi connectivity index (χ4v) is 2.08. The first-order valence-corrected chi connectivity index (χ1v) is 6.26. The van der Waals surface area contributed by atoms with Crippen molar-refractivity contribution in [2.75, 3.05) is 43.6 Å². The minimum Gasteiger partial charge on any atom is -0.355 e. The molecule has 0 aromatic carbocycles. The maximum absolute atomic E-state index is 12.8. The number of nitrogens with two attached hydrogens (primary N) is 1. The number of nitrogens with zero attached hydrogens (tertiary/aromatic N) is 4. The van der Waals surface area contributed by atoms with Crippen molar-refractivity contribution in [3.63, 3.8) is 0 Å². The number of anilines is 2. The zero-order chi connectivity index (χ0) is 14.8. The predicted molar refractivity (Wildman–Crippen MR) is 69.2 cm³/mol. The monoisotopic (exact) mass is 290 g/mol. The minimum atomic E-state index is -4.52. The van der Waals surface area contributed by atoms with Gasteiger partial charge in [-0.25, -0.2) is 10.8 Å². The second kappa shape index (κ2) is 5.80. The van der Waals surface area contributed by atoms with Crippen molar-refractivity contribution in [2.45, 2.75) is 12.6 Å². The predicted octanol–water partition coefficient (Wildman–Crippen LogP) is 0.923. The number of nitrogens with one attached hydrogen (secondary N) is 1. The molecule has 0 spiro atoms. The molecule has 1 aliphatic heterocycles. The third kappa shape index (κ3) is 3.48. The molecule has 2 heterocycles. The summed E-state index contributed by atoms with van der Waals surface area (Å²) >= 11 is 0. The van der Waals surface area contributed by atoms with E-state index >= 15 is 0 Å². The average molecular weight is 290 g/mol. The zero-order valence-electron chi connectivity index (χ0n) is 11.1. The smallest absolute Gasteiger partial charge is 0.355 e. The van der Waals surface area contributed by atoms with Gasteiger partial charge in [-0.15, -0.1) is 0 Å². The molecule has 1 saturated heterocycles. The van der Waals surface area contributed by atoms with E-state index in [-0.39, 0.29) is 11.8 Å². The maximum Gasteiger partial charge on any atom is 0.433 e. The summed E-state index contributed by atoms with van der Waals surface area (Å²) in [6.45, 7) is 2.96. The first-order valence-electron chi connectivity index (χ1n) is 6.26. The van der Waals surface area contributed by atoms with Crippen molar-refractivity contribution in [1.29, 1.82) is 0 Å². The Morgan fingerprint density at radius 3 is 2.60 bits per heavy atom. The number of likely N-dealkylation sites (N-methyl/N-ethyl adjacent to an activating group) is 1. The van der Waals surface area contributed by atoms with Crippen molar-refractivity contribution in [2.24, 2.45) is 5.84 Å². The molecule has 1 aliphatic rings. The van der Waals surface area contributed by atoms with Crippen LogP contribution in [0.25, 0.3) is 0 Å². The lowest BCUT2D eigenvalue weighted by molar-refractivity contribution is -0.141. The molecule has 9 heteroatoms. The molecule has 3 N–H and O–H groups in total. The minimum absolute atomic E-state index is 0.229. The SMILES string of the molecule is CN1CCCN(c2cc(C(F)(F)F)nc(NN)n2)CC1. The number of halogens is 3. The number of nitrogen functional groups attached to an aromatic ring is 1. The first-order chi connectivity index (χ1) is 9.40. The van der Waals surface area contributed by atoms with Crippen molar-refractivity contribution >= 4 is 11.8 Å². The number of hydrogen-bond acceptors (Lipinski definition) is 6. The van der Waals surface area contributed by atoms with E-state index in [1.807, 2.05) is 11.9 Å². The normalized spacial score (nSPS) is 17.9. The summed E-state index contributed by atoms with van der Waals surface area (Å²) < 4.78 is 38.4. The van der Waals surface area contributed by atoms with Crippen LogP contribution in [0.5, 0.6) is 0 Å². The number of rotatable bonds is 2. The molecule has 0 atom stereocenters. The highest BCUT2D eigenvalue weighted by Gasteiger charge is 2.34. The van der Waals surface area contributed by atoms with Gasteiger partial charge in [0.15, 0.2) is 5.69 Å². The van der Waals surface area contributed by atoms with E-state index in [9.17, 15) is 13.2 Å². The lowest BCUT2D eigenvalue weighted by Gasteiger charge is -2.22. The fourth-order valence-electron chi connectivity index (χ4n) is 2.08. The molecular weight excluding hydrogens is 273 g/mol. The van der Waals surface area contributed by atoms with Crippen LogP contribution in [-0.2, 0) is 6.18 Å². The Kier molecular flexibility index (Phi) is 4.29. The Hall–Kier alpha value is -1.61. The molecule has 0 saturated carbocycles. The summed E-state index contributed by atoms with van der Waals surface area (Å²) in [5.74, 6) is 5.16. The Labute approximate surface area is 114 Å². The third-order valence-electron chi connectivity index (χ3n) is 3.18. The van der Waals surface area contributed by atoms with Gasteiger partial charge in [0.25, 0.3) is 0 Å². The summed E-state index contributed by atoms with van der Waals surface area (Å²) in [7, 11) is 1.98. The van der Waals surface area contributed by atoms with Crippen LogP contribution in [0.2, 0.25) is 0 Å². The number of hydrogen-bond donors (Lipinski definition) is 2. The Balaban J connectivity index is 2.30. The summed E-state index contributed by atoms with van der Waals surface area (Å²) in [6.07, 6.45) is -3.65. The number of aromatic nitrogens is 2. The molecule has 0 amide bonds. The van der Waals surface area contributed by atoms with Gasteiger partial charge in [0.1, 0.15) is 5.82 Å². The maximum atomic E-state index is 12.8. The standard InChI is InChI=1S/C11H17F3N6/c1-19-3-2-4-20(6-5-19)9-7-8(11(12,13)14)16-10(17-9)18-15/h7H,2-6,15H2,1H3,(H,16,17,18). The van der Waals surface area contributed by atoms with Gasteiger partial charge in [-0.1, -0.05) is 0 Å². The summed E-state index contributed by atoms with van der Waals surface area (Å²) in [5.41, 5.74) is 1.09. The van der Waals surface area contributed by atoms with Gasteiger partial charge in [-0.3, -0.25) is 5.43 Å². The van der Waals surface area contributed by atoms with Crippen LogP contribution in [0.4, 0.5) is 24.9 Å². The fraction of sp³-hybridized carbons (Fsp3) is 0.636. The van der Waals surface area contributed by atoms with E-state index < -0.39 is 11.9 Å². The first kappa shape index (κ1) is 14.8. The molecule has 0 unspecified atom stereocenters. The molecule has 1 aromatic heterocycles. The van der Waals surface area contributed by atoms with Gasteiger partial charge in [-0.05, 0) is 20.0 Å². The second-order valence-electron chi connectivity index (χ2n) is 4.72. The highest BCUT2D eigenvalue weighted by molar-refractivity contribution is 5.45. The van der Waals surface area contributed by atoms with E-state index in [0.29, 0.717) is 13.1 Å². The lowest BCUT2D eigenvalue weighted by Crippen LogP contribution is -2.30. The van der Waals surface area contributed by atoms with Crippen molar-refractivity contribution in [3.8, 4) is 0 Å². The average Bonchev–Trinajstić information content (AvgIpc) is 2.62. The van der Waals surface area contributed by atoms with Gasteiger partial charge in [0, 0.05) is 25.7 Å². The van der Waals surface area contributed by atoms with Crippen LogP contribution in [0.1, 0.15) is 12.1 Å². The van der Waals surface area contributed by atoms with E-state index in [0.717, 1.165) is 25.6 Å². The second-order valence-corrected chi connectivity index (χ2v) is 4.72. The molecule has 112 valence electrons. The number of alkyl halides is 3. The summed E-state index contributed by atoms with van der Waals surface area (Å²) in [5, 5.41) is 0. The highest BCUT2D eigenvalue weighted by Crippen LogP contribution is 2.30. The van der Waals surface area contributed by atoms with E-state index in [1.54, 1.807) is 0 Å². The van der Waals surface area contributed by atoms with E-state index in [2.05, 4.69) is 20.3 Å². The molecule has 2 rings (SSSR count). The Bertz CT molecular complexity index is 464. The van der Waals surface area contributed by atoms with Crippen molar-refractivity contribution in [3.05, 3.63) is 11.8 Å². The van der Waals surface area contributed by atoms with Crippen LogP contribution in [0, 0.1) is 0 Å². The van der Waals surface area contributed by atoms with Crippen LogP contribution in [0.3, 0.4) is 0 Å². The van der Waals surface area contributed by atoms with Gasteiger partial charge in [-0.2, -0.15) is 18.2 Å². The van der Waals surface area contributed by atoms with Crippen molar-refractivity contribution < 1.29 is 13.2 Å². The molecule has 1 aromatic rings. The highest BCUT2D eigenvalue weighted by atomic mass is 19.4. The molecular formula is C11H17F3N6. The van der Waals surface area contributed by atoms with Crippen molar-refractivity contribution in [1.82, 2.24) is 14.9 Å². The molecule has 6 nitrogen and oxygen atoms in total. The lowest BCUT2D eigenvalue weighted by atomic mass is 10.3. The van der Waals surface area contributed by atoms with Gasteiger partial charge < -0.3 is 9.80 Å². The molecule has 0 radical (unpaired) electrons. The van der Waals surface area contributed by atoms with Crippen LogP contribution < -0.4 is 16.2 Å². The van der Waals surface area contributed by atoms with Gasteiger partial charge >= 0.3 is 6.18 Å². The molecule has 0 aliphatic carbocycles. The van der Waals surface area contributed by atoms with E-state index in [1.165, 1.54) is 0 Å². The van der Waals surface area contributed by atoms with Crippen LogP contribution >= 0.6 is 0 Å². The Morgan fingerprint density at radius 1 is 1.20 bits per heavy atom. The zero-order valence-corrected chi connectivity index (χ0v) is 11.1. The largest absolute Gasteiger partial charge is 0.433 e. The summed E-state index contributed by atoms with van der Waals surface area (Å²) in [4.78, 5) is 11.3. The summed E-state index contributed by atoms with van der Waals surface area (Å²) in [6, 6.07) is 0.964. The van der Waals surface area contributed by atoms with Crippen LogP contribution in [0.15, 0.2) is 6.07 Å².